The van der Waals surface area contributed by atoms with Crippen LogP contribution in [-0.2, 0) is 0 Å². The first-order chi connectivity index (χ1) is 31.2. The van der Waals surface area contributed by atoms with E-state index >= 15 is 0 Å². The van der Waals surface area contributed by atoms with Gasteiger partial charge in [0.1, 0.15) is 0 Å². The van der Waals surface area contributed by atoms with E-state index in [9.17, 15) is 0 Å². The van der Waals surface area contributed by atoms with E-state index < -0.39 is 0 Å². The molecule has 0 radical (unpaired) electrons. The van der Waals surface area contributed by atoms with Crippen molar-refractivity contribution in [2.75, 3.05) is 0 Å². The van der Waals surface area contributed by atoms with Crippen molar-refractivity contribution in [3.8, 4) is 55.6 Å². The molecule has 13 rings (SSSR count). The fourth-order valence-corrected chi connectivity index (χ4v) is 11.4. The third-order valence-electron chi connectivity index (χ3n) is 13.2. The zero-order chi connectivity index (χ0) is 41.4. The number of hydrogen-bond acceptors (Lipinski definition) is 1. The summed E-state index contributed by atoms with van der Waals surface area (Å²) in [5.41, 5.74) is 12.3. The summed E-state index contributed by atoms with van der Waals surface area (Å²) in [6, 6.07) is 86.0. The molecule has 12 aromatic carbocycles. The predicted octanol–water partition coefficient (Wildman–Crippen LogP) is 18.2. The summed E-state index contributed by atoms with van der Waals surface area (Å²) in [6.45, 7) is 0. The van der Waals surface area contributed by atoms with Gasteiger partial charge in [-0.05, 0) is 152 Å². The largest absolute Gasteiger partial charge is 0.135 e. The SMILES string of the molecule is c1ccc(-c2cc3ccccc3cc2-c2ccc3c(c2)c(-c2ccc4ccccc4c2)c(-c2ccc4ccccc4c2)c2cc(-c4cccc5c4sc4ccccc45)ccc23)cc1. The highest BCUT2D eigenvalue weighted by molar-refractivity contribution is 7.26. The number of benzene rings is 12. The summed E-state index contributed by atoms with van der Waals surface area (Å²) in [5.74, 6) is 0. The van der Waals surface area contributed by atoms with E-state index in [0.29, 0.717) is 0 Å². The smallest absolute Gasteiger partial charge is 0.0433 e. The van der Waals surface area contributed by atoms with Gasteiger partial charge in [-0.15, -0.1) is 11.3 Å². The Kier molecular flexibility index (Phi) is 8.19. The van der Waals surface area contributed by atoms with Crippen molar-refractivity contribution in [2.24, 2.45) is 0 Å². The molecule has 0 spiro atoms. The number of thiophene rings is 1. The molecule has 0 saturated heterocycles. The van der Waals surface area contributed by atoms with Gasteiger partial charge in [-0.25, -0.2) is 0 Å². The molecule has 0 atom stereocenters. The third-order valence-corrected chi connectivity index (χ3v) is 14.4. The van der Waals surface area contributed by atoms with Crippen LogP contribution in [0.4, 0.5) is 0 Å². The van der Waals surface area contributed by atoms with Gasteiger partial charge in [-0.3, -0.25) is 0 Å². The molecule has 1 heteroatoms. The summed E-state index contributed by atoms with van der Waals surface area (Å²) in [6.07, 6.45) is 0. The lowest BCUT2D eigenvalue weighted by molar-refractivity contribution is 1.61. The lowest BCUT2D eigenvalue weighted by Gasteiger charge is -2.21. The standard InChI is InChI=1S/C62H38S/c1-2-15-41(16-3-1)55-35-44-19-8-9-20-45(44)36-56(55)47-30-32-52-51-31-29-46(50-22-12-23-54-53-21-10-11-24-59(53)63-62(50)54)37-57(51)60(48-27-25-39-13-4-6-17-42(39)33-48)61(58(52)38-47)49-28-26-40-14-5-7-18-43(40)34-49/h1-38H. The molecular formula is C62H38S. The van der Waals surface area contributed by atoms with Crippen LogP contribution in [0.25, 0.3) is 130 Å². The predicted molar refractivity (Wildman–Crippen MR) is 274 cm³/mol. The second kappa shape index (κ2) is 14.4. The molecule has 0 bridgehead atoms. The van der Waals surface area contributed by atoms with E-state index in [1.54, 1.807) is 0 Å². The fraction of sp³-hybridized carbons (Fsp3) is 0. The molecule has 1 heterocycles. The van der Waals surface area contributed by atoms with Gasteiger partial charge < -0.3 is 0 Å². The van der Waals surface area contributed by atoms with Crippen LogP contribution in [0.3, 0.4) is 0 Å². The minimum atomic E-state index is 1.20. The summed E-state index contributed by atoms with van der Waals surface area (Å²) >= 11 is 1.89. The Bertz CT molecular complexity index is 3960. The average Bonchev–Trinajstić information content (AvgIpc) is 3.74. The highest BCUT2D eigenvalue weighted by Crippen LogP contribution is 2.49. The molecule has 1 aromatic heterocycles. The molecule has 0 fully saturated rings. The first kappa shape index (κ1) is 35.9. The molecule has 0 nitrogen and oxygen atoms in total. The van der Waals surface area contributed by atoms with Crippen LogP contribution < -0.4 is 0 Å². The third kappa shape index (κ3) is 5.89. The van der Waals surface area contributed by atoms with Gasteiger partial charge in [0.25, 0.3) is 0 Å². The van der Waals surface area contributed by atoms with Gasteiger partial charge >= 0.3 is 0 Å². The van der Waals surface area contributed by atoms with Gasteiger partial charge in [0.2, 0.25) is 0 Å². The molecule has 0 aliphatic carbocycles. The summed E-state index contributed by atoms with van der Waals surface area (Å²) < 4.78 is 2.65. The minimum absolute atomic E-state index is 1.20. The van der Waals surface area contributed by atoms with Crippen LogP contribution in [0.15, 0.2) is 231 Å². The van der Waals surface area contributed by atoms with Crippen molar-refractivity contribution >= 4 is 85.4 Å². The van der Waals surface area contributed by atoms with Crippen molar-refractivity contribution < 1.29 is 0 Å². The molecular weight excluding hydrogens is 777 g/mol. The van der Waals surface area contributed by atoms with Gasteiger partial charge in [0.15, 0.2) is 0 Å². The van der Waals surface area contributed by atoms with Crippen molar-refractivity contribution in [1.82, 2.24) is 0 Å². The number of fused-ring (bicyclic) bond motifs is 9. The molecule has 0 amide bonds. The highest BCUT2D eigenvalue weighted by atomic mass is 32.1. The second-order valence-electron chi connectivity index (χ2n) is 16.8. The first-order valence-electron chi connectivity index (χ1n) is 21.7. The van der Waals surface area contributed by atoms with Crippen molar-refractivity contribution in [1.29, 1.82) is 0 Å². The van der Waals surface area contributed by atoms with E-state index in [4.69, 9.17) is 0 Å². The molecule has 0 N–H and O–H groups in total. The lowest BCUT2D eigenvalue weighted by atomic mass is 9.82. The lowest BCUT2D eigenvalue weighted by Crippen LogP contribution is -1.94. The van der Waals surface area contributed by atoms with E-state index in [1.165, 1.54) is 130 Å². The van der Waals surface area contributed by atoms with E-state index in [1.807, 2.05) is 11.3 Å². The molecule has 0 unspecified atom stereocenters. The van der Waals surface area contributed by atoms with Gasteiger partial charge in [-0.1, -0.05) is 188 Å². The van der Waals surface area contributed by atoms with Crippen molar-refractivity contribution in [3.05, 3.63) is 231 Å². The van der Waals surface area contributed by atoms with Crippen LogP contribution >= 0.6 is 11.3 Å². The number of rotatable bonds is 5. The van der Waals surface area contributed by atoms with Gasteiger partial charge in [0.05, 0.1) is 0 Å². The van der Waals surface area contributed by atoms with E-state index in [-0.39, 0.29) is 0 Å². The minimum Gasteiger partial charge on any atom is -0.135 e. The molecule has 292 valence electrons. The average molecular weight is 815 g/mol. The maximum atomic E-state index is 2.48. The van der Waals surface area contributed by atoms with Crippen LogP contribution in [0, 0.1) is 0 Å². The molecule has 0 aliphatic heterocycles. The van der Waals surface area contributed by atoms with E-state index in [2.05, 4.69) is 231 Å². The normalized spacial score (nSPS) is 11.8. The van der Waals surface area contributed by atoms with Gasteiger partial charge in [-0.2, -0.15) is 0 Å². The van der Waals surface area contributed by atoms with Crippen LogP contribution in [0.5, 0.6) is 0 Å². The zero-order valence-corrected chi connectivity index (χ0v) is 35.2. The topological polar surface area (TPSA) is 0 Å². The zero-order valence-electron chi connectivity index (χ0n) is 34.3. The molecule has 63 heavy (non-hydrogen) atoms. The second-order valence-corrected chi connectivity index (χ2v) is 17.8. The highest BCUT2D eigenvalue weighted by Gasteiger charge is 2.22. The fourth-order valence-electron chi connectivity index (χ4n) is 10.2. The Morgan fingerprint density at radius 3 is 1.29 bits per heavy atom. The Labute approximate surface area is 369 Å². The molecule has 0 aliphatic rings. The van der Waals surface area contributed by atoms with Gasteiger partial charge in [0, 0.05) is 20.2 Å². The summed E-state index contributed by atoms with van der Waals surface area (Å²) in [4.78, 5) is 0. The van der Waals surface area contributed by atoms with Crippen LogP contribution in [0.2, 0.25) is 0 Å². The van der Waals surface area contributed by atoms with Crippen LogP contribution in [0.1, 0.15) is 0 Å². The molecule has 13 aromatic rings. The molecule has 0 saturated carbocycles. The summed E-state index contributed by atoms with van der Waals surface area (Å²) in [5, 5.41) is 15.0. The van der Waals surface area contributed by atoms with E-state index in [0.717, 1.165) is 0 Å². The maximum absolute atomic E-state index is 2.48. The first-order valence-corrected chi connectivity index (χ1v) is 22.5. The van der Waals surface area contributed by atoms with Crippen molar-refractivity contribution in [2.45, 2.75) is 0 Å². The summed E-state index contributed by atoms with van der Waals surface area (Å²) in [7, 11) is 0. The van der Waals surface area contributed by atoms with Crippen LogP contribution in [-0.4, -0.2) is 0 Å². The Balaban J connectivity index is 1.17. The quantitative estimate of drug-likeness (QED) is 0.152. The Morgan fingerprint density at radius 1 is 0.222 bits per heavy atom. The monoisotopic (exact) mass is 814 g/mol. The Morgan fingerprint density at radius 2 is 0.683 bits per heavy atom. The Hall–Kier alpha value is -7.84. The maximum Gasteiger partial charge on any atom is 0.0433 e. The van der Waals surface area contributed by atoms with Crippen molar-refractivity contribution in [3.63, 3.8) is 0 Å². The number of hydrogen-bond donors (Lipinski definition) is 0.